The molecule has 0 aromatic heterocycles. The van der Waals surface area contributed by atoms with Gasteiger partial charge >= 0.3 is 0 Å². The van der Waals surface area contributed by atoms with Crippen molar-refractivity contribution < 1.29 is 5.11 Å². The van der Waals surface area contributed by atoms with Gasteiger partial charge in [-0.25, -0.2) is 0 Å². The van der Waals surface area contributed by atoms with Gasteiger partial charge in [-0.15, -0.1) is 0 Å². The van der Waals surface area contributed by atoms with E-state index >= 15 is 0 Å². The monoisotopic (exact) mass is 213 g/mol. The Morgan fingerprint density at radius 1 is 1.27 bits per heavy atom. The van der Waals surface area contributed by atoms with E-state index in [1.165, 1.54) is 19.3 Å². The Kier molecular flexibility index (Phi) is 4.60. The highest BCUT2D eigenvalue weighted by molar-refractivity contribution is 4.90. The molecule has 0 bridgehead atoms. The van der Waals surface area contributed by atoms with E-state index in [4.69, 9.17) is 0 Å². The summed E-state index contributed by atoms with van der Waals surface area (Å²) in [4.78, 5) is 2.36. The maximum atomic E-state index is 10.3. The molecule has 0 aliphatic heterocycles. The van der Waals surface area contributed by atoms with Gasteiger partial charge in [-0.1, -0.05) is 33.1 Å². The molecule has 0 aromatic carbocycles. The molecular formula is C13H27NO. The largest absolute Gasteiger partial charge is 0.391 e. The van der Waals surface area contributed by atoms with E-state index < -0.39 is 0 Å². The minimum absolute atomic E-state index is 0.0703. The lowest BCUT2D eigenvalue weighted by atomic mass is 9.77. The number of aliphatic hydroxyl groups is 1. The molecule has 0 aromatic rings. The summed E-state index contributed by atoms with van der Waals surface area (Å²) in [5.41, 5.74) is -0.0703. The molecule has 0 amide bonds. The summed E-state index contributed by atoms with van der Waals surface area (Å²) in [7, 11) is 0. The molecule has 0 heterocycles. The van der Waals surface area contributed by atoms with Gasteiger partial charge < -0.3 is 5.11 Å². The van der Waals surface area contributed by atoms with Crippen molar-refractivity contribution in [1.29, 1.82) is 0 Å². The number of likely N-dealkylation sites (N-methyl/N-ethyl adjacent to an activating group) is 1. The van der Waals surface area contributed by atoms with Crippen LogP contribution in [0.3, 0.4) is 0 Å². The minimum atomic E-state index is -0.178. The van der Waals surface area contributed by atoms with Crippen LogP contribution < -0.4 is 0 Å². The molecule has 15 heavy (non-hydrogen) atoms. The normalized spacial score (nSPS) is 20.4. The van der Waals surface area contributed by atoms with E-state index in [-0.39, 0.29) is 11.6 Å². The molecular weight excluding hydrogens is 186 g/mol. The van der Waals surface area contributed by atoms with Gasteiger partial charge in [0.05, 0.1) is 6.10 Å². The Bertz CT molecular complexity index is 183. The van der Waals surface area contributed by atoms with Gasteiger partial charge in [0.1, 0.15) is 0 Å². The lowest BCUT2D eigenvalue weighted by Gasteiger charge is -2.43. The van der Waals surface area contributed by atoms with Crippen LogP contribution in [0.5, 0.6) is 0 Å². The van der Waals surface area contributed by atoms with Gasteiger partial charge in [-0.05, 0) is 39.3 Å². The van der Waals surface area contributed by atoms with Crippen molar-refractivity contribution in [3.63, 3.8) is 0 Å². The third-order valence-electron chi connectivity index (χ3n) is 4.18. The molecule has 1 N–H and O–H groups in total. The fourth-order valence-electron chi connectivity index (χ4n) is 2.58. The minimum Gasteiger partial charge on any atom is -0.391 e. The van der Waals surface area contributed by atoms with Gasteiger partial charge in [0.15, 0.2) is 0 Å². The lowest BCUT2D eigenvalue weighted by Crippen LogP contribution is -2.53. The summed E-state index contributed by atoms with van der Waals surface area (Å²) in [5.74, 6) is 0.787. The number of nitrogens with zero attached hydrogens (tertiary/aromatic N) is 1. The number of aliphatic hydroxyl groups excluding tert-OH is 1. The van der Waals surface area contributed by atoms with Crippen LogP contribution in [-0.2, 0) is 0 Å². The first-order valence-electron chi connectivity index (χ1n) is 6.45. The van der Waals surface area contributed by atoms with E-state index in [2.05, 4.69) is 32.6 Å². The van der Waals surface area contributed by atoms with Crippen molar-refractivity contribution in [1.82, 2.24) is 4.90 Å². The second-order valence-electron chi connectivity index (χ2n) is 5.37. The predicted octanol–water partition coefficient (Wildman–Crippen LogP) is 2.66. The van der Waals surface area contributed by atoms with Crippen molar-refractivity contribution in [3.05, 3.63) is 0 Å². The van der Waals surface area contributed by atoms with E-state index in [1.807, 2.05) is 0 Å². The lowest BCUT2D eigenvalue weighted by molar-refractivity contribution is -0.0240. The van der Waals surface area contributed by atoms with Crippen molar-refractivity contribution >= 4 is 0 Å². The highest BCUT2D eigenvalue weighted by Crippen LogP contribution is 2.34. The molecule has 1 aliphatic carbocycles. The fourth-order valence-corrected chi connectivity index (χ4v) is 2.58. The van der Waals surface area contributed by atoms with Gasteiger partial charge in [0.2, 0.25) is 0 Å². The van der Waals surface area contributed by atoms with Crippen LogP contribution in [0.2, 0.25) is 0 Å². The first-order valence-corrected chi connectivity index (χ1v) is 6.45. The third-order valence-corrected chi connectivity index (χ3v) is 4.18. The van der Waals surface area contributed by atoms with Crippen LogP contribution in [0, 0.1) is 5.92 Å². The molecule has 0 radical (unpaired) electrons. The SMILES string of the molecule is CCN(CC)C(C)(C)C(O)CC1CCC1. The zero-order valence-corrected chi connectivity index (χ0v) is 10.8. The van der Waals surface area contributed by atoms with Crippen LogP contribution in [0.25, 0.3) is 0 Å². The Labute approximate surface area is 94.7 Å². The molecule has 1 saturated carbocycles. The fraction of sp³-hybridized carbons (Fsp3) is 1.00. The zero-order chi connectivity index (χ0) is 11.5. The van der Waals surface area contributed by atoms with Crippen LogP contribution in [0.1, 0.15) is 53.4 Å². The molecule has 1 unspecified atom stereocenters. The van der Waals surface area contributed by atoms with Crippen molar-refractivity contribution in [2.24, 2.45) is 5.92 Å². The summed E-state index contributed by atoms with van der Waals surface area (Å²) in [6.45, 7) is 10.7. The Balaban J connectivity index is 2.49. The summed E-state index contributed by atoms with van der Waals surface area (Å²) >= 11 is 0. The van der Waals surface area contributed by atoms with Gasteiger partial charge in [-0.3, -0.25) is 4.90 Å². The quantitative estimate of drug-likeness (QED) is 0.733. The topological polar surface area (TPSA) is 23.5 Å². The standard InChI is InChI=1S/C13H27NO/c1-5-14(6-2)13(3,4)12(15)10-11-8-7-9-11/h11-12,15H,5-10H2,1-4H3. The highest BCUT2D eigenvalue weighted by atomic mass is 16.3. The van der Waals surface area contributed by atoms with Gasteiger partial charge in [-0.2, -0.15) is 0 Å². The summed E-state index contributed by atoms with van der Waals surface area (Å²) < 4.78 is 0. The molecule has 2 heteroatoms. The Morgan fingerprint density at radius 3 is 2.13 bits per heavy atom. The molecule has 0 spiro atoms. The van der Waals surface area contributed by atoms with Gasteiger partial charge in [0, 0.05) is 5.54 Å². The molecule has 1 aliphatic rings. The third kappa shape index (κ3) is 2.94. The van der Waals surface area contributed by atoms with Crippen molar-refractivity contribution in [3.8, 4) is 0 Å². The van der Waals surface area contributed by atoms with Crippen LogP contribution in [-0.4, -0.2) is 34.7 Å². The second kappa shape index (κ2) is 5.31. The summed E-state index contributed by atoms with van der Waals surface area (Å²) in [6, 6.07) is 0. The average molecular weight is 213 g/mol. The zero-order valence-electron chi connectivity index (χ0n) is 10.8. The molecule has 1 atom stereocenters. The maximum Gasteiger partial charge on any atom is 0.0721 e. The number of hydrogen-bond donors (Lipinski definition) is 1. The van der Waals surface area contributed by atoms with Crippen LogP contribution in [0.4, 0.5) is 0 Å². The highest BCUT2D eigenvalue weighted by Gasteiger charge is 2.35. The van der Waals surface area contributed by atoms with Gasteiger partial charge in [0.25, 0.3) is 0 Å². The average Bonchev–Trinajstić information content (AvgIpc) is 2.12. The smallest absolute Gasteiger partial charge is 0.0721 e. The summed E-state index contributed by atoms with van der Waals surface area (Å²) in [6.07, 6.45) is 4.83. The summed E-state index contributed by atoms with van der Waals surface area (Å²) in [5, 5.41) is 10.3. The molecule has 1 rings (SSSR count). The first-order chi connectivity index (χ1) is 7.02. The second-order valence-corrected chi connectivity index (χ2v) is 5.37. The van der Waals surface area contributed by atoms with Crippen molar-refractivity contribution in [2.75, 3.05) is 13.1 Å². The number of rotatable bonds is 6. The molecule has 0 saturated heterocycles. The van der Waals surface area contributed by atoms with Crippen LogP contribution >= 0.6 is 0 Å². The molecule has 2 nitrogen and oxygen atoms in total. The van der Waals surface area contributed by atoms with E-state index in [0.717, 1.165) is 25.4 Å². The predicted molar refractivity (Wildman–Crippen MR) is 65.0 cm³/mol. The molecule has 1 fully saturated rings. The Morgan fingerprint density at radius 2 is 1.80 bits per heavy atom. The molecule has 90 valence electrons. The van der Waals surface area contributed by atoms with E-state index in [1.54, 1.807) is 0 Å². The first kappa shape index (κ1) is 13.0. The van der Waals surface area contributed by atoms with E-state index in [9.17, 15) is 5.11 Å². The van der Waals surface area contributed by atoms with Crippen LogP contribution in [0.15, 0.2) is 0 Å². The number of hydrogen-bond acceptors (Lipinski definition) is 2. The van der Waals surface area contributed by atoms with Crippen molar-refractivity contribution in [2.45, 2.75) is 65.0 Å². The van der Waals surface area contributed by atoms with E-state index in [0.29, 0.717) is 0 Å². The maximum absolute atomic E-state index is 10.3. The Hall–Kier alpha value is -0.0800.